The van der Waals surface area contributed by atoms with E-state index in [9.17, 15) is 4.79 Å². The molecule has 0 aliphatic rings. The Hall–Kier alpha value is -3.46. The van der Waals surface area contributed by atoms with E-state index < -0.39 is 6.04 Å². The molecule has 0 aliphatic heterocycles. The monoisotopic (exact) mass is 397 g/mol. The first-order valence-corrected chi connectivity index (χ1v) is 10.3. The van der Waals surface area contributed by atoms with Crippen LogP contribution in [0.2, 0.25) is 0 Å². The van der Waals surface area contributed by atoms with Gasteiger partial charge in [0.05, 0.1) is 12.3 Å². The Morgan fingerprint density at radius 3 is 1.87 bits per heavy atom. The Labute approximate surface area is 178 Å². The third-order valence-electron chi connectivity index (χ3n) is 4.78. The quantitative estimate of drug-likeness (QED) is 0.356. The predicted molar refractivity (Wildman–Crippen MR) is 124 cm³/mol. The van der Waals surface area contributed by atoms with Crippen molar-refractivity contribution in [1.29, 1.82) is 0 Å². The van der Waals surface area contributed by atoms with E-state index in [4.69, 9.17) is 9.73 Å². The molecule has 0 aliphatic carbocycles. The summed E-state index contributed by atoms with van der Waals surface area (Å²) in [7, 11) is 0. The van der Waals surface area contributed by atoms with Crippen molar-refractivity contribution in [2.45, 2.75) is 19.9 Å². The van der Waals surface area contributed by atoms with Crippen LogP contribution in [0.3, 0.4) is 0 Å². The summed E-state index contributed by atoms with van der Waals surface area (Å²) in [5.74, 6) is -0.446. The molecule has 30 heavy (non-hydrogen) atoms. The first kappa shape index (κ1) is 21.3. The Kier molecular flexibility index (Phi) is 7.73. The van der Waals surface area contributed by atoms with Gasteiger partial charge in [0.25, 0.3) is 0 Å². The van der Waals surface area contributed by atoms with E-state index in [2.05, 4.69) is 0 Å². The lowest BCUT2D eigenvalue weighted by molar-refractivity contribution is -0.145. The standard InChI is InChI=1S/C27H27NO2/c1-3-30-27(29)25(21(2)19-20-22-13-7-4-8-14-22)28-26(23-15-9-5-10-16-23)24-17-11-6-12-18-24/h4-21,25H,3H2,1-2H3/b20-19+/t21-,25+/m1/s1. The van der Waals surface area contributed by atoms with E-state index in [0.717, 1.165) is 22.4 Å². The van der Waals surface area contributed by atoms with Gasteiger partial charge < -0.3 is 4.74 Å². The van der Waals surface area contributed by atoms with Gasteiger partial charge in [-0.3, -0.25) is 4.99 Å². The first-order chi connectivity index (χ1) is 14.7. The Bertz CT molecular complexity index is 938. The maximum Gasteiger partial charge on any atom is 0.331 e. The normalized spacial score (nSPS) is 12.9. The largest absolute Gasteiger partial charge is 0.464 e. The van der Waals surface area contributed by atoms with Crippen LogP contribution in [-0.2, 0) is 9.53 Å². The van der Waals surface area contributed by atoms with E-state index in [-0.39, 0.29) is 11.9 Å². The zero-order valence-corrected chi connectivity index (χ0v) is 17.4. The minimum Gasteiger partial charge on any atom is -0.464 e. The van der Waals surface area contributed by atoms with Crippen LogP contribution >= 0.6 is 0 Å². The van der Waals surface area contributed by atoms with Crippen molar-refractivity contribution < 1.29 is 9.53 Å². The molecule has 3 aromatic carbocycles. The third-order valence-corrected chi connectivity index (χ3v) is 4.78. The number of benzene rings is 3. The van der Waals surface area contributed by atoms with Crippen LogP contribution in [0.1, 0.15) is 30.5 Å². The summed E-state index contributed by atoms with van der Waals surface area (Å²) in [5.41, 5.74) is 3.81. The molecule has 0 radical (unpaired) electrons. The second-order valence-electron chi connectivity index (χ2n) is 7.04. The fraction of sp³-hybridized carbons (Fsp3) is 0.185. The molecular weight excluding hydrogens is 370 g/mol. The first-order valence-electron chi connectivity index (χ1n) is 10.3. The van der Waals surface area contributed by atoms with Crippen LogP contribution in [-0.4, -0.2) is 24.3 Å². The topological polar surface area (TPSA) is 38.7 Å². The van der Waals surface area contributed by atoms with E-state index in [1.165, 1.54) is 0 Å². The van der Waals surface area contributed by atoms with Crippen molar-refractivity contribution in [3.63, 3.8) is 0 Å². The number of hydrogen-bond donors (Lipinski definition) is 0. The summed E-state index contributed by atoms with van der Waals surface area (Å²) < 4.78 is 5.37. The van der Waals surface area contributed by atoms with Gasteiger partial charge in [0.2, 0.25) is 0 Å². The molecule has 3 nitrogen and oxygen atoms in total. The lowest BCUT2D eigenvalue weighted by Gasteiger charge is -2.19. The van der Waals surface area contributed by atoms with Crippen molar-refractivity contribution in [1.82, 2.24) is 0 Å². The number of hydrogen-bond acceptors (Lipinski definition) is 3. The number of nitrogens with zero attached hydrogens (tertiary/aromatic N) is 1. The smallest absolute Gasteiger partial charge is 0.331 e. The van der Waals surface area contributed by atoms with Crippen molar-refractivity contribution in [3.05, 3.63) is 114 Å². The van der Waals surface area contributed by atoms with Crippen molar-refractivity contribution in [2.24, 2.45) is 10.9 Å². The summed E-state index contributed by atoms with van der Waals surface area (Å²) in [6.07, 6.45) is 4.05. The summed E-state index contributed by atoms with van der Waals surface area (Å²) in [6.45, 7) is 4.14. The second-order valence-corrected chi connectivity index (χ2v) is 7.04. The number of carbonyl (C=O) groups excluding carboxylic acids is 1. The molecule has 0 saturated heterocycles. The highest BCUT2D eigenvalue weighted by Gasteiger charge is 2.25. The van der Waals surface area contributed by atoms with E-state index >= 15 is 0 Å². The van der Waals surface area contributed by atoms with Crippen LogP contribution in [0.15, 0.2) is 102 Å². The van der Waals surface area contributed by atoms with Gasteiger partial charge >= 0.3 is 5.97 Å². The summed E-state index contributed by atoms with van der Waals surface area (Å²) in [5, 5.41) is 0. The van der Waals surface area contributed by atoms with Crippen LogP contribution in [0.4, 0.5) is 0 Å². The number of rotatable bonds is 8. The van der Waals surface area contributed by atoms with Gasteiger partial charge in [0, 0.05) is 17.0 Å². The van der Waals surface area contributed by atoms with Crippen molar-refractivity contribution >= 4 is 17.8 Å². The Morgan fingerprint density at radius 1 is 0.867 bits per heavy atom. The van der Waals surface area contributed by atoms with Gasteiger partial charge in [-0.15, -0.1) is 0 Å². The van der Waals surface area contributed by atoms with Crippen LogP contribution in [0.5, 0.6) is 0 Å². The molecule has 3 heteroatoms. The van der Waals surface area contributed by atoms with Gasteiger partial charge in [0.1, 0.15) is 0 Å². The molecule has 0 spiro atoms. The Balaban J connectivity index is 2.00. The molecule has 0 aromatic heterocycles. The van der Waals surface area contributed by atoms with Crippen LogP contribution < -0.4 is 0 Å². The molecule has 0 amide bonds. The van der Waals surface area contributed by atoms with Gasteiger partial charge in [-0.2, -0.15) is 0 Å². The average Bonchev–Trinajstić information content (AvgIpc) is 2.80. The number of esters is 1. The second kappa shape index (κ2) is 10.9. The van der Waals surface area contributed by atoms with Gasteiger partial charge in [-0.05, 0) is 12.5 Å². The molecule has 0 saturated carbocycles. The maximum atomic E-state index is 12.8. The summed E-state index contributed by atoms with van der Waals surface area (Å²) in [4.78, 5) is 17.8. The molecule has 0 bridgehead atoms. The summed E-state index contributed by atoms with van der Waals surface area (Å²) >= 11 is 0. The van der Waals surface area contributed by atoms with Crippen molar-refractivity contribution in [3.8, 4) is 0 Å². The molecule has 0 unspecified atom stereocenters. The van der Waals surface area contributed by atoms with E-state index in [1.807, 2.05) is 117 Å². The molecule has 3 aromatic rings. The van der Waals surface area contributed by atoms with Crippen LogP contribution in [0, 0.1) is 5.92 Å². The maximum absolute atomic E-state index is 12.8. The molecule has 0 fully saturated rings. The van der Waals surface area contributed by atoms with E-state index in [1.54, 1.807) is 0 Å². The van der Waals surface area contributed by atoms with Crippen molar-refractivity contribution in [2.75, 3.05) is 6.61 Å². The highest BCUT2D eigenvalue weighted by Crippen LogP contribution is 2.19. The number of carbonyl (C=O) groups is 1. The molecule has 3 rings (SSSR count). The number of ether oxygens (including phenoxy) is 1. The Morgan fingerprint density at radius 2 is 1.37 bits per heavy atom. The molecule has 2 atom stereocenters. The zero-order valence-electron chi connectivity index (χ0n) is 17.4. The fourth-order valence-electron chi connectivity index (χ4n) is 3.19. The molecular formula is C27H27NO2. The minimum atomic E-state index is -0.639. The SMILES string of the molecule is CCOC(=O)[C@@H](N=C(c1ccccc1)c1ccccc1)[C@H](C)/C=C/c1ccccc1. The molecule has 0 N–H and O–H groups in total. The summed E-state index contributed by atoms with van der Waals surface area (Å²) in [6, 6.07) is 29.3. The van der Waals surface area contributed by atoms with Gasteiger partial charge in [-0.1, -0.05) is 110 Å². The van der Waals surface area contributed by atoms with Gasteiger partial charge in [0.15, 0.2) is 6.04 Å². The van der Waals surface area contributed by atoms with E-state index in [0.29, 0.717) is 6.61 Å². The predicted octanol–water partition coefficient (Wildman–Crippen LogP) is 5.81. The molecule has 152 valence electrons. The average molecular weight is 398 g/mol. The highest BCUT2D eigenvalue weighted by molar-refractivity contribution is 6.13. The highest BCUT2D eigenvalue weighted by atomic mass is 16.5. The third kappa shape index (κ3) is 5.77. The lowest BCUT2D eigenvalue weighted by atomic mass is 9.98. The zero-order chi connectivity index (χ0) is 21.2. The molecule has 0 heterocycles. The van der Waals surface area contributed by atoms with Gasteiger partial charge in [-0.25, -0.2) is 4.79 Å². The number of aliphatic imine (C=N–C) groups is 1. The fourth-order valence-corrected chi connectivity index (χ4v) is 3.19. The lowest BCUT2D eigenvalue weighted by Crippen LogP contribution is -2.29. The van der Waals surface area contributed by atoms with Crippen LogP contribution in [0.25, 0.3) is 6.08 Å². The minimum absolute atomic E-state index is 0.133.